The van der Waals surface area contributed by atoms with E-state index in [0.717, 1.165) is 11.6 Å². The molecule has 0 aliphatic rings. The first kappa shape index (κ1) is 19.6. The van der Waals surface area contributed by atoms with Crippen LogP contribution in [0.25, 0.3) is 11.3 Å². The van der Waals surface area contributed by atoms with Crippen LogP contribution in [0.4, 0.5) is 26.2 Å². The van der Waals surface area contributed by atoms with E-state index in [0.29, 0.717) is 5.69 Å². The number of nitrogens with zero attached hydrogens (tertiary/aromatic N) is 3. The third-order valence-electron chi connectivity index (χ3n) is 4.21. The van der Waals surface area contributed by atoms with Crippen molar-refractivity contribution >= 4 is 17.5 Å². The number of aliphatic hydroxyl groups excluding tert-OH is 1. The summed E-state index contributed by atoms with van der Waals surface area (Å²) in [4.78, 5) is 12.9. The molecule has 0 bridgehead atoms. The van der Waals surface area contributed by atoms with E-state index in [-0.39, 0.29) is 36.0 Å². The number of hydrogen-bond acceptors (Lipinski definition) is 6. The molecule has 2 aromatic heterocycles. The molecule has 0 fully saturated rings. The normalized spacial score (nSPS) is 12.1. The molecule has 3 rings (SSSR count). The molecule has 0 amide bonds. The Morgan fingerprint density at radius 2 is 1.93 bits per heavy atom. The van der Waals surface area contributed by atoms with Crippen molar-refractivity contribution in [2.45, 2.75) is 19.9 Å². The number of benzene rings is 1. The van der Waals surface area contributed by atoms with Gasteiger partial charge in [0.05, 0.1) is 24.0 Å². The van der Waals surface area contributed by atoms with Crippen molar-refractivity contribution in [1.82, 2.24) is 15.0 Å². The lowest BCUT2D eigenvalue weighted by molar-refractivity contribution is 0.248. The molecule has 1 aromatic carbocycles. The molecule has 0 unspecified atom stereocenters. The van der Waals surface area contributed by atoms with Crippen molar-refractivity contribution in [3.63, 3.8) is 0 Å². The number of pyridine rings is 1. The minimum Gasteiger partial charge on any atom is -0.394 e. The van der Waals surface area contributed by atoms with Crippen LogP contribution in [0.2, 0.25) is 0 Å². The van der Waals surface area contributed by atoms with Gasteiger partial charge in [-0.15, -0.1) is 0 Å². The van der Waals surface area contributed by atoms with Gasteiger partial charge in [-0.3, -0.25) is 4.98 Å². The zero-order chi connectivity index (χ0) is 20.1. The molecule has 3 aromatic rings. The fraction of sp³-hybridized carbons (Fsp3) is 0.250. The van der Waals surface area contributed by atoms with E-state index in [1.165, 1.54) is 12.1 Å². The Kier molecular flexibility index (Phi) is 6.10. The largest absolute Gasteiger partial charge is 0.394 e. The fourth-order valence-electron chi connectivity index (χ4n) is 2.57. The van der Waals surface area contributed by atoms with E-state index in [1.54, 1.807) is 24.5 Å². The summed E-state index contributed by atoms with van der Waals surface area (Å²) in [5.41, 5.74) is 1.25. The van der Waals surface area contributed by atoms with Crippen molar-refractivity contribution in [2.24, 2.45) is 5.92 Å². The lowest BCUT2D eigenvalue weighted by Gasteiger charge is -2.20. The molecule has 0 saturated carbocycles. The molecular formula is C20H21F2N5O. The van der Waals surface area contributed by atoms with E-state index in [9.17, 15) is 13.9 Å². The molecule has 0 aliphatic heterocycles. The van der Waals surface area contributed by atoms with Crippen molar-refractivity contribution < 1.29 is 13.9 Å². The number of nitrogens with one attached hydrogen (secondary N) is 2. The second kappa shape index (κ2) is 8.71. The monoisotopic (exact) mass is 385 g/mol. The summed E-state index contributed by atoms with van der Waals surface area (Å²) in [6.45, 7) is 3.82. The van der Waals surface area contributed by atoms with Crippen molar-refractivity contribution in [3.8, 4) is 11.3 Å². The Hall–Kier alpha value is -3.13. The Bertz CT molecular complexity index is 937. The molecule has 6 nitrogen and oxygen atoms in total. The van der Waals surface area contributed by atoms with E-state index in [4.69, 9.17) is 0 Å². The summed E-state index contributed by atoms with van der Waals surface area (Å²) in [7, 11) is 0. The minimum absolute atomic E-state index is 0.0376. The standard InChI is InChI=1S/C20H21F2N5O/c1-12(2)17(11-28)26-20-25-16(13-5-4-8-23-10-13)9-18(27-20)24-15-7-3-6-14(21)19(15)22/h3-10,12,17,28H,11H2,1-2H3,(H2,24,25,26,27)/t17-/m1/s1. The van der Waals surface area contributed by atoms with E-state index in [2.05, 4.69) is 25.6 Å². The van der Waals surface area contributed by atoms with Crippen LogP contribution < -0.4 is 10.6 Å². The Balaban J connectivity index is 2.00. The van der Waals surface area contributed by atoms with E-state index < -0.39 is 11.6 Å². The highest BCUT2D eigenvalue weighted by Crippen LogP contribution is 2.25. The molecule has 0 saturated heterocycles. The SMILES string of the molecule is CC(C)[C@@H](CO)Nc1nc(Nc2cccc(F)c2F)cc(-c2cccnc2)n1. The topological polar surface area (TPSA) is 83.0 Å². The Morgan fingerprint density at radius 1 is 1.11 bits per heavy atom. The zero-order valence-electron chi connectivity index (χ0n) is 15.5. The van der Waals surface area contributed by atoms with Crippen LogP contribution >= 0.6 is 0 Å². The van der Waals surface area contributed by atoms with Gasteiger partial charge in [-0.2, -0.15) is 4.98 Å². The number of hydrogen-bond donors (Lipinski definition) is 3. The first-order valence-corrected chi connectivity index (χ1v) is 8.86. The predicted octanol–water partition coefficient (Wildman–Crippen LogP) is 3.99. The zero-order valence-corrected chi connectivity index (χ0v) is 15.5. The lowest BCUT2D eigenvalue weighted by Crippen LogP contribution is -2.30. The second-order valence-electron chi connectivity index (χ2n) is 6.61. The molecule has 28 heavy (non-hydrogen) atoms. The number of halogens is 2. The van der Waals surface area contributed by atoms with Crippen LogP contribution in [0.1, 0.15) is 13.8 Å². The average Bonchev–Trinajstić information content (AvgIpc) is 2.70. The molecule has 0 spiro atoms. The quantitative estimate of drug-likeness (QED) is 0.570. The molecule has 2 heterocycles. The summed E-state index contributed by atoms with van der Waals surface area (Å²) in [6.07, 6.45) is 3.29. The molecule has 146 valence electrons. The van der Waals surface area contributed by atoms with Crippen molar-refractivity contribution in [3.05, 3.63) is 60.4 Å². The maximum absolute atomic E-state index is 14.0. The highest BCUT2D eigenvalue weighted by atomic mass is 19.2. The van der Waals surface area contributed by atoms with Gasteiger partial charge < -0.3 is 15.7 Å². The summed E-state index contributed by atoms with van der Waals surface area (Å²) in [6, 6.07) is 8.83. The number of rotatable bonds is 7. The lowest BCUT2D eigenvalue weighted by atomic mass is 10.1. The third kappa shape index (κ3) is 4.58. The molecule has 3 N–H and O–H groups in total. The molecule has 8 heteroatoms. The summed E-state index contributed by atoms with van der Waals surface area (Å²) >= 11 is 0. The number of aliphatic hydroxyl groups is 1. The van der Waals surface area contributed by atoms with Gasteiger partial charge in [0, 0.05) is 24.0 Å². The van der Waals surface area contributed by atoms with Gasteiger partial charge in [0.15, 0.2) is 11.6 Å². The van der Waals surface area contributed by atoms with Gasteiger partial charge in [-0.25, -0.2) is 13.8 Å². The first-order chi connectivity index (χ1) is 13.5. The van der Waals surface area contributed by atoms with Crippen molar-refractivity contribution in [2.75, 3.05) is 17.2 Å². The maximum atomic E-state index is 14.0. The van der Waals surface area contributed by atoms with Crippen molar-refractivity contribution in [1.29, 1.82) is 0 Å². The van der Waals surface area contributed by atoms with Crippen LogP contribution in [0.5, 0.6) is 0 Å². The summed E-state index contributed by atoms with van der Waals surface area (Å²) in [5.74, 6) is -1.28. The smallest absolute Gasteiger partial charge is 0.225 e. The van der Waals surface area contributed by atoms with Gasteiger partial charge in [0.2, 0.25) is 5.95 Å². The number of aromatic nitrogens is 3. The van der Waals surface area contributed by atoms with Gasteiger partial charge >= 0.3 is 0 Å². The minimum atomic E-state index is -0.992. The highest BCUT2D eigenvalue weighted by Gasteiger charge is 2.16. The van der Waals surface area contributed by atoms with Crippen LogP contribution in [0.15, 0.2) is 48.8 Å². The van der Waals surface area contributed by atoms with E-state index in [1.807, 2.05) is 19.9 Å². The van der Waals surface area contributed by atoms with Gasteiger partial charge in [0.25, 0.3) is 0 Å². The molecule has 0 radical (unpaired) electrons. The summed E-state index contributed by atoms with van der Waals surface area (Å²) < 4.78 is 27.6. The Labute approximate surface area is 161 Å². The summed E-state index contributed by atoms with van der Waals surface area (Å²) in [5, 5.41) is 15.5. The van der Waals surface area contributed by atoms with Gasteiger partial charge in [0.1, 0.15) is 5.82 Å². The fourth-order valence-corrected chi connectivity index (χ4v) is 2.57. The number of anilines is 3. The molecule has 0 aliphatic carbocycles. The van der Waals surface area contributed by atoms with Crippen LogP contribution in [0, 0.1) is 17.6 Å². The van der Waals surface area contributed by atoms with Crippen LogP contribution in [0.3, 0.4) is 0 Å². The maximum Gasteiger partial charge on any atom is 0.225 e. The predicted molar refractivity (Wildman–Crippen MR) is 104 cm³/mol. The van der Waals surface area contributed by atoms with Gasteiger partial charge in [-0.1, -0.05) is 19.9 Å². The van der Waals surface area contributed by atoms with Gasteiger partial charge in [-0.05, 0) is 30.2 Å². The third-order valence-corrected chi connectivity index (χ3v) is 4.21. The average molecular weight is 385 g/mol. The van der Waals surface area contributed by atoms with Crippen LogP contribution in [-0.4, -0.2) is 32.7 Å². The molecular weight excluding hydrogens is 364 g/mol. The van der Waals surface area contributed by atoms with Crippen LogP contribution in [-0.2, 0) is 0 Å². The second-order valence-corrected chi connectivity index (χ2v) is 6.61. The Morgan fingerprint density at radius 3 is 2.61 bits per heavy atom. The first-order valence-electron chi connectivity index (χ1n) is 8.86. The highest BCUT2D eigenvalue weighted by molar-refractivity contribution is 5.67. The van der Waals surface area contributed by atoms with E-state index >= 15 is 0 Å². The molecule has 1 atom stereocenters.